The smallest absolute Gasteiger partial charge is 0.0195 e. The predicted molar refractivity (Wildman–Crippen MR) is 81.1 cm³/mol. The molecule has 1 rings (SSSR count). The van der Waals surface area contributed by atoms with Gasteiger partial charge in [0.2, 0.25) is 0 Å². The Balaban J connectivity index is 2.31. The van der Waals surface area contributed by atoms with Gasteiger partial charge in [-0.15, -0.1) is 0 Å². The molecule has 0 amide bonds. The molecular formula is C16H34N2. The van der Waals surface area contributed by atoms with Crippen molar-refractivity contribution in [2.24, 2.45) is 0 Å². The number of hydrogen-bond acceptors (Lipinski definition) is 2. The molecule has 0 aromatic rings. The normalized spacial score (nSPS) is 22.3. The molecule has 0 aliphatic carbocycles. The van der Waals surface area contributed by atoms with Crippen LogP contribution in [0.4, 0.5) is 0 Å². The second-order valence-electron chi connectivity index (χ2n) is 5.99. The molecule has 1 fully saturated rings. The summed E-state index contributed by atoms with van der Waals surface area (Å²) in [6.45, 7) is 10.8. The molecule has 0 aromatic heterocycles. The predicted octanol–water partition coefficient (Wildman–Crippen LogP) is 3.81. The van der Waals surface area contributed by atoms with Gasteiger partial charge in [0.25, 0.3) is 0 Å². The Kier molecular flexibility index (Phi) is 8.70. The molecule has 0 radical (unpaired) electrons. The van der Waals surface area contributed by atoms with E-state index in [9.17, 15) is 0 Å². The van der Waals surface area contributed by atoms with Gasteiger partial charge in [0, 0.05) is 18.6 Å². The number of nitrogens with one attached hydrogen (secondary N) is 1. The first kappa shape index (κ1) is 16.0. The maximum atomic E-state index is 3.69. The van der Waals surface area contributed by atoms with Crippen LogP contribution in [0.25, 0.3) is 0 Å². The Morgan fingerprint density at radius 2 is 2.00 bits per heavy atom. The molecule has 18 heavy (non-hydrogen) atoms. The molecular weight excluding hydrogens is 220 g/mol. The van der Waals surface area contributed by atoms with Crippen molar-refractivity contribution in [1.82, 2.24) is 10.2 Å². The van der Waals surface area contributed by atoms with E-state index in [1.165, 1.54) is 71.0 Å². The lowest BCUT2D eigenvalue weighted by molar-refractivity contribution is 0.166. The van der Waals surface area contributed by atoms with Crippen LogP contribution >= 0.6 is 0 Å². The zero-order valence-electron chi connectivity index (χ0n) is 12.9. The molecule has 0 saturated carbocycles. The fraction of sp³-hybridized carbons (Fsp3) is 1.00. The van der Waals surface area contributed by atoms with Gasteiger partial charge in [-0.05, 0) is 45.7 Å². The van der Waals surface area contributed by atoms with Gasteiger partial charge in [0.05, 0.1) is 0 Å². The van der Waals surface area contributed by atoms with Crippen LogP contribution in [0.5, 0.6) is 0 Å². The second kappa shape index (κ2) is 9.80. The Morgan fingerprint density at radius 3 is 2.61 bits per heavy atom. The molecule has 2 nitrogen and oxygen atoms in total. The molecule has 0 aromatic carbocycles. The van der Waals surface area contributed by atoms with Crippen molar-refractivity contribution in [3.05, 3.63) is 0 Å². The van der Waals surface area contributed by atoms with Crippen molar-refractivity contribution in [3.63, 3.8) is 0 Å². The van der Waals surface area contributed by atoms with Crippen molar-refractivity contribution in [1.29, 1.82) is 0 Å². The van der Waals surface area contributed by atoms with Crippen LogP contribution in [0.2, 0.25) is 0 Å². The van der Waals surface area contributed by atoms with Gasteiger partial charge in [-0.1, -0.05) is 39.5 Å². The average Bonchev–Trinajstić information content (AvgIpc) is 2.39. The summed E-state index contributed by atoms with van der Waals surface area (Å²) in [7, 11) is 0. The van der Waals surface area contributed by atoms with E-state index >= 15 is 0 Å². The Labute approximate surface area is 115 Å². The van der Waals surface area contributed by atoms with Crippen LogP contribution in [0.15, 0.2) is 0 Å². The van der Waals surface area contributed by atoms with Crippen LogP contribution < -0.4 is 5.32 Å². The molecule has 0 spiro atoms. The third kappa shape index (κ3) is 6.19. The number of rotatable bonds is 9. The van der Waals surface area contributed by atoms with Gasteiger partial charge in [-0.25, -0.2) is 0 Å². The van der Waals surface area contributed by atoms with E-state index < -0.39 is 0 Å². The molecule has 1 N–H and O–H groups in total. The average molecular weight is 254 g/mol. The summed E-state index contributed by atoms with van der Waals surface area (Å²) in [5.41, 5.74) is 0. The molecule has 1 aliphatic rings. The minimum Gasteiger partial charge on any atom is -0.313 e. The second-order valence-corrected chi connectivity index (χ2v) is 5.99. The van der Waals surface area contributed by atoms with E-state index in [-0.39, 0.29) is 0 Å². The van der Waals surface area contributed by atoms with Crippen molar-refractivity contribution in [2.45, 2.75) is 84.2 Å². The summed E-state index contributed by atoms with van der Waals surface area (Å²) in [5.74, 6) is 0. The van der Waals surface area contributed by atoms with Crippen LogP contribution in [0.3, 0.4) is 0 Å². The number of hydrogen-bond donors (Lipinski definition) is 1. The van der Waals surface area contributed by atoms with Crippen LogP contribution in [-0.4, -0.2) is 36.6 Å². The summed E-state index contributed by atoms with van der Waals surface area (Å²) in [5, 5.41) is 3.69. The van der Waals surface area contributed by atoms with Gasteiger partial charge in [-0.2, -0.15) is 0 Å². The molecule has 2 atom stereocenters. The van der Waals surface area contributed by atoms with Gasteiger partial charge in [-0.3, -0.25) is 4.90 Å². The third-order valence-electron chi connectivity index (χ3n) is 4.23. The van der Waals surface area contributed by atoms with Crippen molar-refractivity contribution in [3.8, 4) is 0 Å². The highest BCUT2D eigenvalue weighted by Gasteiger charge is 2.19. The topological polar surface area (TPSA) is 15.3 Å². The number of nitrogens with zero attached hydrogens (tertiary/aromatic N) is 1. The Bertz CT molecular complexity index is 188. The zero-order chi connectivity index (χ0) is 13.2. The van der Waals surface area contributed by atoms with Crippen molar-refractivity contribution >= 4 is 0 Å². The van der Waals surface area contributed by atoms with Crippen molar-refractivity contribution < 1.29 is 0 Å². The Hall–Kier alpha value is -0.0800. The molecule has 1 saturated heterocycles. The van der Waals surface area contributed by atoms with E-state index in [1.54, 1.807) is 0 Å². The molecule has 0 bridgehead atoms. The van der Waals surface area contributed by atoms with Gasteiger partial charge < -0.3 is 5.32 Å². The van der Waals surface area contributed by atoms with E-state index in [0.29, 0.717) is 0 Å². The summed E-state index contributed by atoms with van der Waals surface area (Å²) >= 11 is 0. The van der Waals surface area contributed by atoms with Crippen LogP contribution in [0.1, 0.15) is 72.1 Å². The van der Waals surface area contributed by atoms with E-state index in [0.717, 1.165) is 12.1 Å². The molecule has 108 valence electrons. The summed E-state index contributed by atoms with van der Waals surface area (Å²) in [6, 6.07) is 1.51. The fourth-order valence-electron chi connectivity index (χ4n) is 3.01. The highest BCUT2D eigenvalue weighted by atomic mass is 15.2. The maximum Gasteiger partial charge on any atom is 0.0195 e. The summed E-state index contributed by atoms with van der Waals surface area (Å²) < 4.78 is 0. The van der Waals surface area contributed by atoms with Gasteiger partial charge in [0.1, 0.15) is 0 Å². The lowest BCUT2D eigenvalue weighted by Crippen LogP contribution is -2.46. The quantitative estimate of drug-likeness (QED) is 0.629. The first-order valence-corrected chi connectivity index (χ1v) is 8.25. The largest absolute Gasteiger partial charge is 0.313 e. The van der Waals surface area contributed by atoms with Gasteiger partial charge >= 0.3 is 0 Å². The first-order chi connectivity index (χ1) is 8.77. The number of piperidine rings is 1. The SMILES string of the molecule is CCCCCC(C)N(CCC)CC1CCCCN1. The minimum atomic E-state index is 0.749. The molecule has 2 heteroatoms. The Morgan fingerprint density at radius 1 is 1.17 bits per heavy atom. The minimum absolute atomic E-state index is 0.749. The molecule has 2 unspecified atom stereocenters. The first-order valence-electron chi connectivity index (χ1n) is 8.25. The summed E-state index contributed by atoms with van der Waals surface area (Å²) in [6.07, 6.45) is 11.0. The van der Waals surface area contributed by atoms with E-state index in [1.807, 2.05) is 0 Å². The standard InChI is InChI=1S/C16H34N2/c1-4-6-7-10-15(3)18(13-5-2)14-16-11-8-9-12-17-16/h15-17H,4-14H2,1-3H3. The monoisotopic (exact) mass is 254 g/mol. The van der Waals surface area contributed by atoms with E-state index in [2.05, 4.69) is 31.0 Å². The maximum absolute atomic E-state index is 3.69. The van der Waals surface area contributed by atoms with Crippen LogP contribution in [-0.2, 0) is 0 Å². The van der Waals surface area contributed by atoms with Crippen LogP contribution in [0, 0.1) is 0 Å². The highest BCUT2D eigenvalue weighted by molar-refractivity contribution is 4.78. The lowest BCUT2D eigenvalue weighted by atomic mass is 10.0. The molecule has 1 aliphatic heterocycles. The fourth-order valence-corrected chi connectivity index (χ4v) is 3.01. The highest BCUT2D eigenvalue weighted by Crippen LogP contribution is 2.14. The third-order valence-corrected chi connectivity index (χ3v) is 4.23. The zero-order valence-corrected chi connectivity index (χ0v) is 12.9. The lowest BCUT2D eigenvalue weighted by Gasteiger charge is -2.34. The number of unbranched alkanes of at least 4 members (excludes halogenated alkanes) is 2. The summed E-state index contributed by atoms with van der Waals surface area (Å²) in [4.78, 5) is 2.72. The molecule has 1 heterocycles. The van der Waals surface area contributed by atoms with Crippen molar-refractivity contribution in [2.75, 3.05) is 19.6 Å². The van der Waals surface area contributed by atoms with Gasteiger partial charge in [0.15, 0.2) is 0 Å². The van der Waals surface area contributed by atoms with E-state index in [4.69, 9.17) is 0 Å².